The Hall–Kier alpha value is -2.08. The first-order valence-electron chi connectivity index (χ1n) is 7.77. The first-order chi connectivity index (χ1) is 12.0. The van der Waals surface area contributed by atoms with Crippen LogP contribution < -0.4 is 5.32 Å². The summed E-state index contributed by atoms with van der Waals surface area (Å²) in [5.41, 5.74) is 1.50. The molecule has 2 amide bonds. The summed E-state index contributed by atoms with van der Waals surface area (Å²) < 4.78 is 5.24. The third kappa shape index (κ3) is 4.51. The molecule has 1 N–H and O–H groups in total. The van der Waals surface area contributed by atoms with Crippen molar-refractivity contribution in [2.24, 2.45) is 0 Å². The molecule has 7 heteroatoms. The molecule has 1 heterocycles. The third-order valence-corrected chi connectivity index (χ3v) is 4.25. The van der Waals surface area contributed by atoms with Crippen LogP contribution in [0.5, 0.6) is 0 Å². The van der Waals surface area contributed by atoms with Crippen LogP contribution in [-0.2, 0) is 4.74 Å². The number of carbonyl (C=O) groups is 2. The van der Waals surface area contributed by atoms with E-state index >= 15 is 0 Å². The molecule has 2 aromatic carbocycles. The highest BCUT2D eigenvalue weighted by atomic mass is 35.5. The second kappa shape index (κ2) is 7.87. The van der Waals surface area contributed by atoms with E-state index < -0.39 is 0 Å². The molecule has 130 valence electrons. The molecule has 5 nitrogen and oxygen atoms in total. The summed E-state index contributed by atoms with van der Waals surface area (Å²) in [5.74, 6) is -0.361. The van der Waals surface area contributed by atoms with Gasteiger partial charge in [0, 0.05) is 39.9 Å². The molecule has 0 aromatic heterocycles. The maximum absolute atomic E-state index is 12.4. The van der Waals surface area contributed by atoms with Crippen LogP contribution in [0.25, 0.3) is 0 Å². The number of amides is 2. The highest BCUT2D eigenvalue weighted by molar-refractivity contribution is 6.35. The van der Waals surface area contributed by atoms with Gasteiger partial charge in [-0.05, 0) is 42.5 Å². The summed E-state index contributed by atoms with van der Waals surface area (Å²) >= 11 is 11.8. The number of rotatable bonds is 3. The molecular formula is C18H16Cl2N2O3. The minimum Gasteiger partial charge on any atom is -0.378 e. The van der Waals surface area contributed by atoms with E-state index in [9.17, 15) is 9.59 Å². The molecule has 1 saturated heterocycles. The Balaban J connectivity index is 1.68. The van der Waals surface area contributed by atoms with Crippen molar-refractivity contribution in [3.8, 4) is 0 Å². The monoisotopic (exact) mass is 378 g/mol. The molecule has 25 heavy (non-hydrogen) atoms. The fraction of sp³-hybridized carbons (Fsp3) is 0.222. The second-order valence-electron chi connectivity index (χ2n) is 5.59. The van der Waals surface area contributed by atoms with Gasteiger partial charge in [-0.2, -0.15) is 0 Å². The first kappa shape index (κ1) is 17.7. The Morgan fingerprint density at radius 1 is 0.920 bits per heavy atom. The van der Waals surface area contributed by atoms with E-state index in [2.05, 4.69) is 5.32 Å². The smallest absolute Gasteiger partial charge is 0.255 e. The van der Waals surface area contributed by atoms with E-state index in [1.807, 2.05) is 0 Å². The van der Waals surface area contributed by atoms with Gasteiger partial charge in [-0.3, -0.25) is 9.59 Å². The lowest BCUT2D eigenvalue weighted by Gasteiger charge is -2.26. The van der Waals surface area contributed by atoms with Crippen LogP contribution in [0.2, 0.25) is 10.0 Å². The van der Waals surface area contributed by atoms with E-state index in [0.717, 1.165) is 0 Å². The van der Waals surface area contributed by atoms with Crippen LogP contribution in [0.1, 0.15) is 20.7 Å². The fourth-order valence-electron chi connectivity index (χ4n) is 2.54. The van der Waals surface area contributed by atoms with Crippen LogP contribution in [0.15, 0.2) is 42.5 Å². The summed E-state index contributed by atoms with van der Waals surface area (Å²) in [4.78, 5) is 26.4. The molecule has 0 aliphatic carbocycles. The topological polar surface area (TPSA) is 58.6 Å². The average Bonchev–Trinajstić information content (AvgIpc) is 2.61. The van der Waals surface area contributed by atoms with Gasteiger partial charge in [0.2, 0.25) is 0 Å². The van der Waals surface area contributed by atoms with Crippen molar-refractivity contribution in [2.75, 3.05) is 31.6 Å². The molecule has 1 aliphatic heterocycles. The van der Waals surface area contributed by atoms with Gasteiger partial charge in [0.05, 0.1) is 13.2 Å². The number of hydrogen-bond acceptors (Lipinski definition) is 3. The first-order valence-corrected chi connectivity index (χ1v) is 8.53. The van der Waals surface area contributed by atoms with Gasteiger partial charge < -0.3 is 15.0 Å². The summed E-state index contributed by atoms with van der Waals surface area (Å²) in [6.07, 6.45) is 0. The van der Waals surface area contributed by atoms with Crippen molar-refractivity contribution >= 4 is 40.7 Å². The normalized spacial score (nSPS) is 14.2. The van der Waals surface area contributed by atoms with Gasteiger partial charge in [-0.15, -0.1) is 0 Å². The SMILES string of the molecule is O=C(Nc1cc(Cl)cc(Cl)c1)c1ccc(C(=O)N2CCOCC2)cc1. The lowest BCUT2D eigenvalue weighted by molar-refractivity contribution is 0.0303. The van der Waals surface area contributed by atoms with Gasteiger partial charge in [-0.25, -0.2) is 0 Å². The number of nitrogens with one attached hydrogen (secondary N) is 1. The quantitative estimate of drug-likeness (QED) is 0.885. The second-order valence-corrected chi connectivity index (χ2v) is 6.47. The molecule has 3 rings (SSSR count). The zero-order valence-corrected chi connectivity index (χ0v) is 14.8. The van der Waals surface area contributed by atoms with Crippen LogP contribution in [0.3, 0.4) is 0 Å². The summed E-state index contributed by atoms with van der Waals surface area (Å²) in [6, 6.07) is 11.4. The van der Waals surface area contributed by atoms with E-state index in [4.69, 9.17) is 27.9 Å². The Bertz CT molecular complexity index is 767. The van der Waals surface area contributed by atoms with Gasteiger partial charge in [0.25, 0.3) is 11.8 Å². The van der Waals surface area contributed by atoms with Crippen LogP contribution in [0.4, 0.5) is 5.69 Å². The Kier molecular flexibility index (Phi) is 5.58. The number of nitrogens with zero attached hydrogens (tertiary/aromatic N) is 1. The van der Waals surface area contributed by atoms with Gasteiger partial charge >= 0.3 is 0 Å². The maximum atomic E-state index is 12.4. The molecule has 0 atom stereocenters. The minimum atomic E-state index is -0.302. The van der Waals surface area contributed by atoms with E-state index in [0.29, 0.717) is 53.2 Å². The molecule has 0 spiro atoms. The number of anilines is 1. The lowest BCUT2D eigenvalue weighted by atomic mass is 10.1. The molecule has 1 aliphatic rings. The maximum Gasteiger partial charge on any atom is 0.255 e. The third-order valence-electron chi connectivity index (χ3n) is 3.81. The number of ether oxygens (including phenoxy) is 1. The molecule has 0 bridgehead atoms. The molecule has 0 radical (unpaired) electrons. The van der Waals surface area contributed by atoms with Crippen molar-refractivity contribution in [3.63, 3.8) is 0 Å². The molecule has 0 unspecified atom stereocenters. The van der Waals surface area contributed by atoms with E-state index in [1.54, 1.807) is 47.4 Å². The number of hydrogen-bond donors (Lipinski definition) is 1. The van der Waals surface area contributed by atoms with Gasteiger partial charge in [-0.1, -0.05) is 23.2 Å². The predicted octanol–water partition coefficient (Wildman–Crippen LogP) is 3.72. The zero-order valence-electron chi connectivity index (χ0n) is 13.3. The van der Waals surface area contributed by atoms with Crippen LogP contribution >= 0.6 is 23.2 Å². The van der Waals surface area contributed by atoms with Crippen molar-refractivity contribution in [1.82, 2.24) is 4.90 Å². The Morgan fingerprint density at radius 3 is 2.08 bits per heavy atom. The molecule has 1 fully saturated rings. The number of halogens is 2. The summed E-state index contributed by atoms with van der Waals surface area (Å²) in [5, 5.41) is 3.61. The average molecular weight is 379 g/mol. The van der Waals surface area contributed by atoms with Crippen LogP contribution in [-0.4, -0.2) is 43.0 Å². The number of carbonyl (C=O) groups excluding carboxylic acids is 2. The van der Waals surface area contributed by atoms with Crippen molar-refractivity contribution < 1.29 is 14.3 Å². The molecule has 0 saturated carbocycles. The van der Waals surface area contributed by atoms with Crippen molar-refractivity contribution in [3.05, 3.63) is 63.6 Å². The highest BCUT2D eigenvalue weighted by Crippen LogP contribution is 2.23. The van der Waals surface area contributed by atoms with Crippen LogP contribution in [0, 0.1) is 0 Å². The standard InChI is InChI=1S/C18H16Cl2N2O3/c19-14-9-15(20)11-16(10-14)21-17(23)12-1-3-13(4-2-12)18(24)22-5-7-25-8-6-22/h1-4,9-11H,5-8H2,(H,21,23). The van der Waals surface area contributed by atoms with Crippen molar-refractivity contribution in [2.45, 2.75) is 0 Å². The van der Waals surface area contributed by atoms with E-state index in [1.165, 1.54) is 0 Å². The van der Waals surface area contributed by atoms with Crippen molar-refractivity contribution in [1.29, 1.82) is 0 Å². The number of benzene rings is 2. The van der Waals surface area contributed by atoms with E-state index in [-0.39, 0.29) is 11.8 Å². The largest absolute Gasteiger partial charge is 0.378 e. The predicted molar refractivity (Wildman–Crippen MR) is 97.6 cm³/mol. The Morgan fingerprint density at radius 2 is 1.48 bits per heavy atom. The van der Waals surface area contributed by atoms with Gasteiger partial charge in [0.15, 0.2) is 0 Å². The van der Waals surface area contributed by atoms with Gasteiger partial charge in [0.1, 0.15) is 0 Å². The molecule has 2 aromatic rings. The fourth-order valence-corrected chi connectivity index (χ4v) is 3.07. The zero-order chi connectivity index (χ0) is 17.8. The lowest BCUT2D eigenvalue weighted by Crippen LogP contribution is -2.40. The minimum absolute atomic E-state index is 0.0584. The highest BCUT2D eigenvalue weighted by Gasteiger charge is 2.18. The summed E-state index contributed by atoms with van der Waals surface area (Å²) in [6.45, 7) is 2.26. The number of morpholine rings is 1. The summed E-state index contributed by atoms with van der Waals surface area (Å²) in [7, 11) is 0. The Labute approximate surface area is 155 Å². The molecular weight excluding hydrogens is 363 g/mol.